The van der Waals surface area contributed by atoms with Crippen LogP contribution in [0.3, 0.4) is 0 Å². The van der Waals surface area contributed by atoms with Gasteiger partial charge < -0.3 is 10.1 Å². The molecular weight excluding hydrogens is 328 g/mol. The van der Waals surface area contributed by atoms with E-state index in [1.165, 1.54) is 11.3 Å². The van der Waals surface area contributed by atoms with E-state index in [2.05, 4.69) is 32.5 Å². The van der Waals surface area contributed by atoms with Crippen molar-refractivity contribution in [1.82, 2.24) is 20.4 Å². The van der Waals surface area contributed by atoms with Crippen molar-refractivity contribution in [1.29, 1.82) is 0 Å². The summed E-state index contributed by atoms with van der Waals surface area (Å²) in [5.74, 6) is 0.205. The van der Waals surface area contributed by atoms with Crippen LogP contribution in [0.15, 0.2) is 30.3 Å². The molecule has 4 rings (SSSR count). The molecule has 0 bridgehead atoms. The first-order chi connectivity index (χ1) is 12.8. The van der Waals surface area contributed by atoms with Crippen molar-refractivity contribution < 1.29 is 9.53 Å². The molecule has 0 radical (unpaired) electrons. The molecule has 2 aromatic rings. The average Bonchev–Trinajstić information content (AvgIpc) is 3.12. The summed E-state index contributed by atoms with van der Waals surface area (Å²) in [6, 6.07) is 10.2. The van der Waals surface area contributed by atoms with Gasteiger partial charge in [0.1, 0.15) is 0 Å². The highest BCUT2D eigenvalue weighted by Gasteiger charge is 2.28. The molecule has 6 heteroatoms. The van der Waals surface area contributed by atoms with E-state index < -0.39 is 0 Å². The van der Waals surface area contributed by atoms with Crippen LogP contribution in [0.4, 0.5) is 0 Å². The van der Waals surface area contributed by atoms with Gasteiger partial charge in [-0.2, -0.15) is 5.10 Å². The van der Waals surface area contributed by atoms with Crippen LogP contribution in [0, 0.1) is 5.92 Å². The number of amides is 1. The van der Waals surface area contributed by atoms with Gasteiger partial charge in [-0.15, -0.1) is 0 Å². The van der Waals surface area contributed by atoms with E-state index in [0.717, 1.165) is 63.4 Å². The van der Waals surface area contributed by atoms with Gasteiger partial charge in [0.15, 0.2) is 0 Å². The fraction of sp³-hybridized carbons (Fsp3) is 0.500. The predicted octanol–water partition coefficient (Wildman–Crippen LogP) is 1.63. The van der Waals surface area contributed by atoms with E-state index in [4.69, 9.17) is 4.74 Å². The molecule has 1 aliphatic heterocycles. The second-order valence-electron chi connectivity index (χ2n) is 7.08. The van der Waals surface area contributed by atoms with Crippen LogP contribution < -0.4 is 5.32 Å². The minimum atomic E-state index is 0.0345. The molecule has 1 aromatic carbocycles. The SMILES string of the molecule is O=C(NCCN1CCOCC1)[C@H]1CCc2[nH]nc(-c3ccccc3)c2C1. The highest BCUT2D eigenvalue weighted by Crippen LogP contribution is 2.32. The van der Waals surface area contributed by atoms with Crippen LogP contribution in [-0.2, 0) is 22.4 Å². The van der Waals surface area contributed by atoms with E-state index in [1.807, 2.05) is 18.2 Å². The lowest BCUT2D eigenvalue weighted by Gasteiger charge is -2.27. The number of nitrogens with zero attached hydrogens (tertiary/aromatic N) is 2. The van der Waals surface area contributed by atoms with E-state index in [1.54, 1.807) is 0 Å². The third-order valence-electron chi connectivity index (χ3n) is 5.40. The Morgan fingerprint density at radius 3 is 2.88 bits per heavy atom. The maximum absolute atomic E-state index is 12.6. The van der Waals surface area contributed by atoms with Gasteiger partial charge in [-0.1, -0.05) is 30.3 Å². The molecule has 2 heterocycles. The van der Waals surface area contributed by atoms with E-state index >= 15 is 0 Å². The van der Waals surface area contributed by atoms with Gasteiger partial charge in [-0.3, -0.25) is 14.8 Å². The molecule has 0 saturated carbocycles. The Labute approximate surface area is 153 Å². The molecule has 0 spiro atoms. The zero-order valence-electron chi connectivity index (χ0n) is 15.0. The molecule has 26 heavy (non-hydrogen) atoms. The lowest BCUT2D eigenvalue weighted by atomic mass is 9.85. The molecular formula is C20H26N4O2. The van der Waals surface area contributed by atoms with Crippen molar-refractivity contribution >= 4 is 5.91 Å². The number of nitrogens with one attached hydrogen (secondary N) is 2. The van der Waals surface area contributed by atoms with Gasteiger partial charge >= 0.3 is 0 Å². The van der Waals surface area contributed by atoms with Crippen molar-refractivity contribution in [2.45, 2.75) is 19.3 Å². The normalized spacial score (nSPS) is 20.5. The van der Waals surface area contributed by atoms with Crippen molar-refractivity contribution in [2.75, 3.05) is 39.4 Å². The second-order valence-corrected chi connectivity index (χ2v) is 7.08. The molecule has 0 unspecified atom stereocenters. The fourth-order valence-electron chi connectivity index (χ4n) is 3.86. The predicted molar refractivity (Wildman–Crippen MR) is 99.8 cm³/mol. The minimum absolute atomic E-state index is 0.0345. The number of fused-ring (bicyclic) bond motifs is 1. The maximum atomic E-state index is 12.6. The van der Waals surface area contributed by atoms with Crippen LogP contribution in [0.5, 0.6) is 0 Å². The first kappa shape index (κ1) is 17.2. The number of ether oxygens (including phenoxy) is 1. The molecule has 1 atom stereocenters. The van der Waals surface area contributed by atoms with Gasteiger partial charge in [0.25, 0.3) is 0 Å². The lowest BCUT2D eigenvalue weighted by molar-refractivity contribution is -0.125. The molecule has 6 nitrogen and oxygen atoms in total. The minimum Gasteiger partial charge on any atom is -0.379 e. The van der Waals surface area contributed by atoms with E-state index in [9.17, 15) is 4.79 Å². The number of carbonyl (C=O) groups is 1. The highest BCUT2D eigenvalue weighted by molar-refractivity contribution is 5.80. The Morgan fingerprint density at radius 2 is 2.08 bits per heavy atom. The molecule has 1 fully saturated rings. The first-order valence-electron chi connectivity index (χ1n) is 9.50. The number of morpholine rings is 1. The highest BCUT2D eigenvalue weighted by atomic mass is 16.5. The third-order valence-corrected chi connectivity index (χ3v) is 5.40. The summed E-state index contributed by atoms with van der Waals surface area (Å²) in [7, 11) is 0. The summed E-state index contributed by atoms with van der Waals surface area (Å²) in [5.41, 5.74) is 4.49. The zero-order chi connectivity index (χ0) is 17.8. The van der Waals surface area contributed by atoms with Crippen LogP contribution >= 0.6 is 0 Å². The molecule has 1 amide bonds. The zero-order valence-corrected chi connectivity index (χ0v) is 15.0. The Morgan fingerprint density at radius 1 is 1.27 bits per heavy atom. The summed E-state index contributed by atoms with van der Waals surface area (Å²) in [6.45, 7) is 5.10. The molecule has 2 N–H and O–H groups in total. The summed E-state index contributed by atoms with van der Waals surface area (Å²) in [4.78, 5) is 15.0. The van der Waals surface area contributed by atoms with E-state index in [0.29, 0.717) is 6.54 Å². The molecule has 1 saturated heterocycles. The number of rotatable bonds is 5. The van der Waals surface area contributed by atoms with Gasteiger partial charge in [0.05, 0.1) is 18.9 Å². The summed E-state index contributed by atoms with van der Waals surface area (Å²) >= 11 is 0. The number of hydrogen-bond donors (Lipinski definition) is 2. The monoisotopic (exact) mass is 354 g/mol. The first-order valence-corrected chi connectivity index (χ1v) is 9.50. The fourth-order valence-corrected chi connectivity index (χ4v) is 3.86. The van der Waals surface area contributed by atoms with Gasteiger partial charge in [-0.25, -0.2) is 0 Å². The van der Waals surface area contributed by atoms with Crippen LogP contribution in [0.1, 0.15) is 17.7 Å². The topological polar surface area (TPSA) is 70.2 Å². The van der Waals surface area contributed by atoms with Crippen LogP contribution in [-0.4, -0.2) is 60.4 Å². The van der Waals surface area contributed by atoms with Crippen molar-refractivity contribution in [2.24, 2.45) is 5.92 Å². The van der Waals surface area contributed by atoms with Gasteiger partial charge in [-0.05, 0) is 19.3 Å². The average molecular weight is 354 g/mol. The van der Waals surface area contributed by atoms with Crippen LogP contribution in [0.2, 0.25) is 0 Å². The Bertz CT molecular complexity index is 738. The Kier molecular flexibility index (Phi) is 5.32. The maximum Gasteiger partial charge on any atom is 0.223 e. The number of aromatic nitrogens is 2. The summed E-state index contributed by atoms with van der Waals surface area (Å²) in [5, 5.41) is 10.8. The second kappa shape index (κ2) is 8.01. The quantitative estimate of drug-likeness (QED) is 0.856. The third kappa shape index (κ3) is 3.81. The smallest absolute Gasteiger partial charge is 0.223 e. The summed E-state index contributed by atoms with van der Waals surface area (Å²) in [6.07, 6.45) is 2.53. The number of aromatic amines is 1. The lowest BCUT2D eigenvalue weighted by Crippen LogP contribution is -2.43. The molecule has 1 aromatic heterocycles. The number of benzene rings is 1. The standard InChI is InChI=1S/C20H26N4O2/c25-20(21-8-9-24-10-12-26-13-11-24)16-6-7-18-17(14-16)19(23-22-18)15-4-2-1-3-5-15/h1-5,16H,6-14H2,(H,21,25)(H,22,23)/t16-/m0/s1. The number of hydrogen-bond acceptors (Lipinski definition) is 4. The Balaban J connectivity index is 1.35. The van der Waals surface area contributed by atoms with E-state index in [-0.39, 0.29) is 11.8 Å². The van der Waals surface area contributed by atoms with Gasteiger partial charge in [0.2, 0.25) is 5.91 Å². The van der Waals surface area contributed by atoms with Crippen LogP contribution in [0.25, 0.3) is 11.3 Å². The largest absolute Gasteiger partial charge is 0.379 e. The van der Waals surface area contributed by atoms with Crippen molar-refractivity contribution in [3.05, 3.63) is 41.6 Å². The number of aryl methyl sites for hydroxylation is 1. The van der Waals surface area contributed by atoms with Gasteiger partial charge in [0, 0.05) is 48.9 Å². The van der Waals surface area contributed by atoms with Crippen molar-refractivity contribution in [3.8, 4) is 11.3 Å². The number of H-pyrrole nitrogens is 1. The Hall–Kier alpha value is -2.18. The number of carbonyl (C=O) groups excluding carboxylic acids is 1. The molecule has 1 aliphatic carbocycles. The molecule has 2 aliphatic rings. The summed E-state index contributed by atoms with van der Waals surface area (Å²) < 4.78 is 5.36. The molecule has 138 valence electrons. The van der Waals surface area contributed by atoms with Crippen molar-refractivity contribution in [3.63, 3.8) is 0 Å².